The number of anilines is 1. The molecule has 114 valence electrons. The van der Waals surface area contributed by atoms with Crippen LogP contribution < -0.4 is 5.32 Å². The Bertz CT molecular complexity index is 722. The molecule has 2 aromatic carbocycles. The standard InChI is InChI=1S/C15H13FN2O3S/c1-10-4-2-3-5-14(10)22-9-15(19)17-13-8-11(18(20)21)6-7-12(13)16/h2-8H,9H2,1H3,(H,17,19). The van der Waals surface area contributed by atoms with Crippen molar-refractivity contribution in [3.05, 3.63) is 64.0 Å². The quantitative estimate of drug-likeness (QED) is 0.517. The average molecular weight is 320 g/mol. The Balaban J connectivity index is 2.02. The number of carbonyl (C=O) groups is 1. The second-order valence-electron chi connectivity index (χ2n) is 4.52. The predicted molar refractivity (Wildman–Crippen MR) is 83.6 cm³/mol. The summed E-state index contributed by atoms with van der Waals surface area (Å²) in [6.07, 6.45) is 0. The molecule has 0 fully saturated rings. The van der Waals surface area contributed by atoms with Gasteiger partial charge in [0.05, 0.1) is 16.4 Å². The predicted octanol–water partition coefficient (Wildman–Crippen LogP) is 3.77. The molecule has 0 aliphatic rings. The van der Waals surface area contributed by atoms with Crippen LogP contribution in [-0.4, -0.2) is 16.6 Å². The minimum absolute atomic E-state index is 0.0903. The van der Waals surface area contributed by atoms with E-state index >= 15 is 0 Å². The van der Waals surface area contributed by atoms with Crippen molar-refractivity contribution in [2.45, 2.75) is 11.8 Å². The lowest BCUT2D eigenvalue weighted by Gasteiger charge is -2.07. The Morgan fingerprint density at radius 3 is 2.73 bits per heavy atom. The summed E-state index contributed by atoms with van der Waals surface area (Å²) in [4.78, 5) is 22.8. The molecule has 2 rings (SSSR count). The van der Waals surface area contributed by atoms with E-state index in [1.165, 1.54) is 11.8 Å². The maximum atomic E-state index is 13.6. The fourth-order valence-corrected chi connectivity index (χ4v) is 2.60. The van der Waals surface area contributed by atoms with E-state index < -0.39 is 16.6 Å². The van der Waals surface area contributed by atoms with E-state index in [2.05, 4.69) is 5.32 Å². The first kappa shape index (κ1) is 16.0. The highest BCUT2D eigenvalue weighted by Gasteiger charge is 2.13. The molecule has 0 atom stereocenters. The zero-order valence-electron chi connectivity index (χ0n) is 11.7. The second-order valence-corrected chi connectivity index (χ2v) is 5.54. The van der Waals surface area contributed by atoms with E-state index in [1.807, 2.05) is 31.2 Å². The highest BCUT2D eigenvalue weighted by Crippen LogP contribution is 2.24. The molecule has 7 heteroatoms. The highest BCUT2D eigenvalue weighted by molar-refractivity contribution is 8.00. The number of carbonyl (C=O) groups excluding carboxylic acids is 1. The number of rotatable bonds is 5. The Kier molecular flexibility index (Phi) is 5.11. The summed E-state index contributed by atoms with van der Waals surface area (Å²) in [5.41, 5.74) is 0.578. The largest absolute Gasteiger partial charge is 0.323 e. The summed E-state index contributed by atoms with van der Waals surface area (Å²) < 4.78 is 13.6. The van der Waals surface area contributed by atoms with Crippen LogP contribution in [-0.2, 0) is 4.79 Å². The van der Waals surface area contributed by atoms with Crippen LogP contribution in [0.15, 0.2) is 47.4 Å². The highest BCUT2D eigenvalue weighted by atomic mass is 32.2. The monoisotopic (exact) mass is 320 g/mol. The minimum atomic E-state index is -0.708. The van der Waals surface area contributed by atoms with Crippen molar-refractivity contribution in [2.24, 2.45) is 0 Å². The zero-order chi connectivity index (χ0) is 16.1. The fourth-order valence-electron chi connectivity index (χ4n) is 1.77. The third-order valence-electron chi connectivity index (χ3n) is 2.89. The van der Waals surface area contributed by atoms with Crippen molar-refractivity contribution in [2.75, 3.05) is 11.1 Å². The molecule has 1 amide bonds. The van der Waals surface area contributed by atoms with Gasteiger partial charge in [0.25, 0.3) is 5.69 Å². The fraction of sp³-hybridized carbons (Fsp3) is 0.133. The first-order chi connectivity index (χ1) is 10.5. The van der Waals surface area contributed by atoms with E-state index in [9.17, 15) is 19.3 Å². The van der Waals surface area contributed by atoms with Crippen molar-refractivity contribution in [1.82, 2.24) is 0 Å². The summed E-state index contributed by atoms with van der Waals surface area (Å²) >= 11 is 1.32. The summed E-state index contributed by atoms with van der Waals surface area (Å²) in [5, 5.41) is 13.0. The second kappa shape index (κ2) is 7.04. The number of benzene rings is 2. The molecule has 22 heavy (non-hydrogen) atoms. The maximum Gasteiger partial charge on any atom is 0.271 e. The number of thioether (sulfide) groups is 1. The van der Waals surface area contributed by atoms with Gasteiger partial charge in [-0.1, -0.05) is 18.2 Å². The zero-order valence-corrected chi connectivity index (χ0v) is 12.5. The van der Waals surface area contributed by atoms with Gasteiger partial charge < -0.3 is 5.32 Å². The van der Waals surface area contributed by atoms with Gasteiger partial charge in [0.1, 0.15) is 5.82 Å². The number of halogens is 1. The van der Waals surface area contributed by atoms with Gasteiger partial charge >= 0.3 is 0 Å². The average Bonchev–Trinajstić information content (AvgIpc) is 2.48. The lowest BCUT2D eigenvalue weighted by Crippen LogP contribution is -2.15. The van der Waals surface area contributed by atoms with Gasteiger partial charge in [-0.05, 0) is 24.6 Å². The molecular formula is C15H13FN2O3S. The Morgan fingerprint density at radius 1 is 1.32 bits per heavy atom. The van der Waals surface area contributed by atoms with Crippen molar-refractivity contribution in [3.8, 4) is 0 Å². The van der Waals surface area contributed by atoms with Crippen molar-refractivity contribution >= 4 is 29.0 Å². The number of non-ortho nitro benzene ring substituents is 1. The third kappa shape index (κ3) is 4.05. The van der Waals surface area contributed by atoms with E-state index in [0.717, 1.165) is 28.7 Å². The molecule has 0 radical (unpaired) electrons. The van der Waals surface area contributed by atoms with Gasteiger partial charge in [0.2, 0.25) is 5.91 Å². The van der Waals surface area contributed by atoms with Crippen LogP contribution in [0.3, 0.4) is 0 Å². The van der Waals surface area contributed by atoms with Crippen LogP contribution in [0.25, 0.3) is 0 Å². The van der Waals surface area contributed by atoms with Gasteiger partial charge in [-0.15, -0.1) is 11.8 Å². The molecular weight excluding hydrogens is 307 g/mol. The van der Waals surface area contributed by atoms with Crippen LogP contribution in [0.5, 0.6) is 0 Å². The molecule has 0 heterocycles. The molecule has 0 aliphatic carbocycles. The molecule has 0 aromatic heterocycles. The van der Waals surface area contributed by atoms with E-state index in [1.54, 1.807) is 0 Å². The lowest BCUT2D eigenvalue weighted by molar-refractivity contribution is -0.384. The molecule has 0 bridgehead atoms. The number of amides is 1. The van der Waals surface area contributed by atoms with Gasteiger partial charge in [0, 0.05) is 17.0 Å². The smallest absolute Gasteiger partial charge is 0.271 e. The summed E-state index contributed by atoms with van der Waals surface area (Å²) in [6.45, 7) is 1.93. The third-order valence-corrected chi connectivity index (χ3v) is 4.06. The number of nitro groups is 1. The summed E-state index contributed by atoms with van der Waals surface area (Å²) in [7, 11) is 0. The Hall–Kier alpha value is -2.41. The maximum absolute atomic E-state index is 13.6. The van der Waals surface area contributed by atoms with Crippen LogP contribution in [0.1, 0.15) is 5.56 Å². The number of aryl methyl sites for hydroxylation is 1. The van der Waals surface area contributed by atoms with Gasteiger partial charge in [-0.3, -0.25) is 14.9 Å². The van der Waals surface area contributed by atoms with Crippen molar-refractivity contribution in [3.63, 3.8) is 0 Å². The Labute approximate surface area is 130 Å². The van der Waals surface area contributed by atoms with E-state index in [4.69, 9.17) is 0 Å². The molecule has 0 aliphatic heterocycles. The summed E-state index contributed by atoms with van der Waals surface area (Å²) in [6, 6.07) is 10.6. The number of hydrogen-bond acceptors (Lipinski definition) is 4. The number of nitrogens with one attached hydrogen (secondary N) is 1. The van der Waals surface area contributed by atoms with Gasteiger partial charge in [-0.2, -0.15) is 0 Å². The Morgan fingerprint density at radius 2 is 2.05 bits per heavy atom. The molecule has 0 saturated carbocycles. The van der Waals surface area contributed by atoms with Gasteiger partial charge in [0.15, 0.2) is 0 Å². The SMILES string of the molecule is Cc1ccccc1SCC(=O)Nc1cc([N+](=O)[O-])ccc1F. The molecule has 1 N–H and O–H groups in total. The topological polar surface area (TPSA) is 72.2 Å². The first-order valence-corrected chi connectivity index (χ1v) is 7.38. The van der Waals surface area contributed by atoms with Crippen LogP contribution in [0.2, 0.25) is 0 Å². The van der Waals surface area contributed by atoms with Crippen molar-refractivity contribution < 1.29 is 14.1 Å². The van der Waals surface area contributed by atoms with Crippen LogP contribution in [0.4, 0.5) is 15.8 Å². The first-order valence-electron chi connectivity index (χ1n) is 6.39. The molecule has 0 saturated heterocycles. The van der Waals surface area contributed by atoms with Crippen molar-refractivity contribution in [1.29, 1.82) is 0 Å². The number of nitrogens with zero attached hydrogens (tertiary/aromatic N) is 1. The molecule has 5 nitrogen and oxygen atoms in total. The normalized spacial score (nSPS) is 10.3. The minimum Gasteiger partial charge on any atom is -0.323 e. The number of hydrogen-bond donors (Lipinski definition) is 1. The lowest BCUT2D eigenvalue weighted by atomic mass is 10.2. The number of nitro benzene ring substituents is 1. The van der Waals surface area contributed by atoms with E-state index in [0.29, 0.717) is 0 Å². The molecule has 0 spiro atoms. The van der Waals surface area contributed by atoms with Crippen LogP contribution in [0, 0.1) is 22.9 Å². The van der Waals surface area contributed by atoms with Gasteiger partial charge in [-0.25, -0.2) is 4.39 Å². The molecule has 0 unspecified atom stereocenters. The molecule has 2 aromatic rings. The van der Waals surface area contributed by atoms with E-state index in [-0.39, 0.29) is 17.1 Å². The summed E-state index contributed by atoms with van der Waals surface area (Å²) in [5.74, 6) is -1.04. The van der Waals surface area contributed by atoms with Crippen LogP contribution >= 0.6 is 11.8 Å².